The summed E-state index contributed by atoms with van der Waals surface area (Å²) < 4.78 is 66.3. The standard InChI is InChI=1S/C13H13BrF5N/c14-9-4-5-10(15)8(12(9)16)7-20-6-2-1-3-11(20)13(17,18)19/h4-5,11H,1-3,6-7H2. The lowest BCUT2D eigenvalue weighted by Crippen LogP contribution is -2.48. The second-order valence-corrected chi connectivity index (χ2v) is 5.70. The van der Waals surface area contributed by atoms with E-state index >= 15 is 0 Å². The van der Waals surface area contributed by atoms with Gasteiger partial charge in [0, 0.05) is 12.1 Å². The van der Waals surface area contributed by atoms with Gasteiger partial charge in [-0.2, -0.15) is 13.2 Å². The van der Waals surface area contributed by atoms with E-state index in [1.54, 1.807) is 0 Å². The zero-order valence-electron chi connectivity index (χ0n) is 10.5. The summed E-state index contributed by atoms with van der Waals surface area (Å²) in [5, 5.41) is 0. The fourth-order valence-electron chi connectivity index (χ4n) is 2.47. The third-order valence-corrected chi connectivity index (χ3v) is 4.10. The van der Waals surface area contributed by atoms with Crippen LogP contribution in [-0.2, 0) is 6.54 Å². The molecule has 1 unspecified atom stereocenters. The zero-order valence-corrected chi connectivity index (χ0v) is 12.1. The molecule has 0 amide bonds. The van der Waals surface area contributed by atoms with Crippen molar-refractivity contribution in [3.8, 4) is 0 Å². The number of benzene rings is 1. The Morgan fingerprint density at radius 3 is 2.55 bits per heavy atom. The van der Waals surface area contributed by atoms with Crippen LogP contribution >= 0.6 is 15.9 Å². The predicted molar refractivity (Wildman–Crippen MR) is 68.2 cm³/mol. The minimum absolute atomic E-state index is 0.0270. The minimum Gasteiger partial charge on any atom is -0.288 e. The molecule has 112 valence electrons. The van der Waals surface area contributed by atoms with Crippen LogP contribution < -0.4 is 0 Å². The summed E-state index contributed by atoms with van der Waals surface area (Å²) in [6, 6.07) is 0.620. The molecule has 0 N–H and O–H groups in total. The quantitative estimate of drug-likeness (QED) is 0.550. The van der Waals surface area contributed by atoms with Crippen LogP contribution in [0.3, 0.4) is 0 Å². The second-order valence-electron chi connectivity index (χ2n) is 4.85. The minimum atomic E-state index is -4.38. The van der Waals surface area contributed by atoms with Crippen molar-refractivity contribution in [1.82, 2.24) is 4.90 Å². The van der Waals surface area contributed by atoms with Crippen LogP contribution in [0.25, 0.3) is 0 Å². The first-order valence-electron chi connectivity index (χ1n) is 6.24. The van der Waals surface area contributed by atoms with Gasteiger partial charge in [0.15, 0.2) is 0 Å². The summed E-state index contributed by atoms with van der Waals surface area (Å²) in [5.41, 5.74) is -0.324. The van der Waals surface area contributed by atoms with Gasteiger partial charge in [0.2, 0.25) is 0 Å². The van der Waals surface area contributed by atoms with Crippen molar-refractivity contribution in [2.45, 2.75) is 38.0 Å². The van der Waals surface area contributed by atoms with Crippen LogP contribution in [0, 0.1) is 11.6 Å². The highest BCUT2D eigenvalue weighted by Gasteiger charge is 2.44. The number of piperidine rings is 1. The molecule has 1 nitrogen and oxygen atoms in total. The molecule has 0 spiro atoms. The predicted octanol–water partition coefficient (Wildman–Crippen LogP) is 4.64. The van der Waals surface area contributed by atoms with Gasteiger partial charge in [-0.3, -0.25) is 4.90 Å². The Morgan fingerprint density at radius 1 is 1.20 bits per heavy atom. The van der Waals surface area contributed by atoms with E-state index in [1.165, 1.54) is 6.07 Å². The number of rotatable bonds is 2. The molecule has 1 aromatic carbocycles. The molecule has 1 aliphatic heterocycles. The number of likely N-dealkylation sites (tertiary alicyclic amines) is 1. The van der Waals surface area contributed by atoms with Gasteiger partial charge in [0.25, 0.3) is 0 Å². The van der Waals surface area contributed by atoms with Gasteiger partial charge >= 0.3 is 6.18 Å². The first-order chi connectivity index (χ1) is 9.30. The van der Waals surface area contributed by atoms with E-state index < -0.39 is 23.9 Å². The maximum Gasteiger partial charge on any atom is 0.404 e. The summed E-state index contributed by atoms with van der Waals surface area (Å²) in [6.45, 7) is -0.184. The van der Waals surface area contributed by atoms with Crippen LogP contribution in [0.2, 0.25) is 0 Å². The summed E-state index contributed by atoms with van der Waals surface area (Å²) in [5.74, 6) is -1.66. The van der Waals surface area contributed by atoms with E-state index in [-0.39, 0.29) is 29.5 Å². The topological polar surface area (TPSA) is 3.24 Å². The van der Waals surface area contributed by atoms with Crippen LogP contribution in [0.15, 0.2) is 16.6 Å². The largest absolute Gasteiger partial charge is 0.404 e. The maximum absolute atomic E-state index is 13.8. The fraction of sp³-hybridized carbons (Fsp3) is 0.538. The Bertz CT molecular complexity index is 488. The normalized spacial score (nSPS) is 21.2. The van der Waals surface area contributed by atoms with Gasteiger partial charge in [0.05, 0.1) is 4.47 Å². The molecule has 1 heterocycles. The van der Waals surface area contributed by atoms with Crippen molar-refractivity contribution in [3.63, 3.8) is 0 Å². The summed E-state index contributed by atoms with van der Waals surface area (Å²) in [6.07, 6.45) is -3.33. The van der Waals surface area contributed by atoms with Gasteiger partial charge in [0.1, 0.15) is 17.7 Å². The average Bonchev–Trinajstić information content (AvgIpc) is 2.38. The van der Waals surface area contributed by atoms with Crippen molar-refractivity contribution in [2.75, 3.05) is 6.54 Å². The van der Waals surface area contributed by atoms with E-state index in [9.17, 15) is 22.0 Å². The van der Waals surface area contributed by atoms with Crippen molar-refractivity contribution in [2.24, 2.45) is 0 Å². The first kappa shape index (κ1) is 15.7. The van der Waals surface area contributed by atoms with Crippen LogP contribution in [-0.4, -0.2) is 23.7 Å². The lowest BCUT2D eigenvalue weighted by atomic mass is 10.0. The lowest BCUT2D eigenvalue weighted by Gasteiger charge is -2.36. The third kappa shape index (κ3) is 3.31. The van der Waals surface area contributed by atoms with E-state index in [2.05, 4.69) is 15.9 Å². The van der Waals surface area contributed by atoms with E-state index in [1.807, 2.05) is 0 Å². The molecule has 1 atom stereocenters. The van der Waals surface area contributed by atoms with Crippen molar-refractivity contribution < 1.29 is 22.0 Å². The molecule has 20 heavy (non-hydrogen) atoms. The Hall–Kier alpha value is -0.690. The molecule has 0 bridgehead atoms. The third-order valence-electron chi connectivity index (χ3n) is 3.49. The van der Waals surface area contributed by atoms with Crippen LogP contribution in [0.1, 0.15) is 24.8 Å². The maximum atomic E-state index is 13.8. The number of hydrogen-bond donors (Lipinski definition) is 0. The van der Waals surface area contributed by atoms with Crippen molar-refractivity contribution in [1.29, 1.82) is 0 Å². The number of hydrogen-bond acceptors (Lipinski definition) is 1. The summed E-state index contributed by atoms with van der Waals surface area (Å²) in [4.78, 5) is 1.11. The summed E-state index contributed by atoms with van der Waals surface area (Å²) >= 11 is 2.92. The Balaban J connectivity index is 2.26. The monoisotopic (exact) mass is 357 g/mol. The molecule has 1 saturated heterocycles. The van der Waals surface area contributed by atoms with Crippen molar-refractivity contribution >= 4 is 15.9 Å². The molecule has 0 aliphatic carbocycles. The van der Waals surface area contributed by atoms with Gasteiger partial charge < -0.3 is 0 Å². The summed E-state index contributed by atoms with van der Waals surface area (Å²) in [7, 11) is 0. The van der Waals surface area contributed by atoms with Gasteiger partial charge in [-0.1, -0.05) is 6.42 Å². The average molecular weight is 358 g/mol. The molecule has 0 radical (unpaired) electrons. The Kier molecular flexibility index (Phi) is 4.69. The molecule has 2 rings (SSSR count). The molecular weight excluding hydrogens is 345 g/mol. The number of nitrogens with zero attached hydrogens (tertiary/aromatic N) is 1. The Labute approximate surface area is 121 Å². The molecule has 7 heteroatoms. The zero-order chi connectivity index (χ0) is 14.9. The number of halogens is 6. The smallest absolute Gasteiger partial charge is 0.288 e. The van der Waals surface area contributed by atoms with E-state index in [0.717, 1.165) is 11.0 Å². The highest BCUT2D eigenvalue weighted by molar-refractivity contribution is 9.10. The molecule has 1 aliphatic rings. The van der Waals surface area contributed by atoms with E-state index in [4.69, 9.17) is 0 Å². The highest BCUT2D eigenvalue weighted by Crippen LogP contribution is 2.34. The van der Waals surface area contributed by atoms with Crippen LogP contribution in [0.5, 0.6) is 0 Å². The van der Waals surface area contributed by atoms with Gasteiger partial charge in [-0.15, -0.1) is 0 Å². The molecule has 0 aromatic heterocycles. The SMILES string of the molecule is Fc1ccc(Br)c(F)c1CN1CCCCC1C(F)(F)F. The number of alkyl halides is 3. The fourth-order valence-corrected chi connectivity index (χ4v) is 2.84. The molecule has 1 fully saturated rings. The van der Waals surface area contributed by atoms with Gasteiger partial charge in [-0.25, -0.2) is 8.78 Å². The molecule has 1 aromatic rings. The molecule has 0 saturated carbocycles. The second kappa shape index (κ2) is 5.97. The van der Waals surface area contributed by atoms with Crippen molar-refractivity contribution in [3.05, 3.63) is 33.8 Å². The molecular formula is C13H13BrF5N. The van der Waals surface area contributed by atoms with E-state index in [0.29, 0.717) is 12.8 Å². The van der Waals surface area contributed by atoms with Gasteiger partial charge in [-0.05, 0) is 47.4 Å². The first-order valence-corrected chi connectivity index (χ1v) is 7.03. The van der Waals surface area contributed by atoms with Crippen LogP contribution in [0.4, 0.5) is 22.0 Å². The highest BCUT2D eigenvalue weighted by atomic mass is 79.9. The Morgan fingerprint density at radius 2 is 1.90 bits per heavy atom. The lowest BCUT2D eigenvalue weighted by molar-refractivity contribution is -0.192.